The highest BCUT2D eigenvalue weighted by atomic mass is 35.5. The Kier molecular flexibility index (Phi) is 4.57. The van der Waals surface area contributed by atoms with E-state index >= 15 is 0 Å². The molecule has 0 amide bonds. The van der Waals surface area contributed by atoms with Crippen molar-refractivity contribution in [2.75, 3.05) is 13.1 Å². The first kappa shape index (κ1) is 14.7. The van der Waals surface area contributed by atoms with Crippen molar-refractivity contribution in [3.8, 4) is 0 Å². The molecule has 0 aromatic heterocycles. The molecule has 2 rings (SSSR count). The van der Waals surface area contributed by atoms with E-state index in [1.807, 2.05) is 6.92 Å². The van der Waals surface area contributed by atoms with Gasteiger partial charge in [-0.1, -0.05) is 29.7 Å². The zero-order valence-corrected chi connectivity index (χ0v) is 11.9. The van der Waals surface area contributed by atoms with E-state index < -0.39 is 4.92 Å². The number of piperidine rings is 1. The summed E-state index contributed by atoms with van der Waals surface area (Å²) in [6.07, 6.45) is 0.663. The van der Waals surface area contributed by atoms with E-state index in [1.165, 1.54) is 6.07 Å². The lowest BCUT2D eigenvalue weighted by molar-refractivity contribution is -0.385. The van der Waals surface area contributed by atoms with Crippen LogP contribution in [0.5, 0.6) is 0 Å². The maximum atomic E-state index is 11.1. The minimum atomic E-state index is -0.408. The molecular formula is C13H16ClN3O3. The molecule has 6 nitrogen and oxygen atoms in total. The maximum absolute atomic E-state index is 11.1. The van der Waals surface area contributed by atoms with Crippen LogP contribution < -0.4 is 0 Å². The van der Waals surface area contributed by atoms with Crippen molar-refractivity contribution in [1.82, 2.24) is 4.90 Å². The van der Waals surface area contributed by atoms with E-state index in [9.17, 15) is 10.1 Å². The summed E-state index contributed by atoms with van der Waals surface area (Å²) in [5.74, 6) is 0.135. The van der Waals surface area contributed by atoms with Gasteiger partial charge in [-0.3, -0.25) is 15.0 Å². The average molecular weight is 298 g/mol. The summed E-state index contributed by atoms with van der Waals surface area (Å²) in [6.45, 7) is 3.80. The number of halogens is 1. The summed E-state index contributed by atoms with van der Waals surface area (Å²) in [6, 6.07) is 4.71. The lowest BCUT2D eigenvalue weighted by atomic mass is 9.97. The fourth-order valence-corrected chi connectivity index (χ4v) is 2.72. The fraction of sp³-hybridized carbons (Fsp3) is 0.462. The molecule has 20 heavy (non-hydrogen) atoms. The van der Waals surface area contributed by atoms with Crippen LogP contribution in [0, 0.1) is 16.0 Å². The van der Waals surface area contributed by atoms with E-state index in [4.69, 9.17) is 16.8 Å². The van der Waals surface area contributed by atoms with Crippen molar-refractivity contribution >= 4 is 23.0 Å². The Morgan fingerprint density at radius 3 is 2.95 bits per heavy atom. The lowest BCUT2D eigenvalue weighted by Crippen LogP contribution is -2.39. The molecule has 0 saturated carbocycles. The van der Waals surface area contributed by atoms with E-state index in [-0.39, 0.29) is 11.6 Å². The highest BCUT2D eigenvalue weighted by molar-refractivity contribution is 6.31. The standard InChI is InChI=1S/C13H16ClN3O3/c1-9-7-16(6-5-12(9)15-18)8-10-11(14)3-2-4-13(10)17(19)20/h2-4,9,18H,5-8H2,1H3/b15-12+. The number of rotatable bonds is 3. The molecule has 1 unspecified atom stereocenters. The van der Waals surface area contributed by atoms with Gasteiger partial charge in [-0.15, -0.1) is 0 Å². The van der Waals surface area contributed by atoms with E-state index in [2.05, 4.69) is 10.1 Å². The van der Waals surface area contributed by atoms with E-state index in [0.717, 1.165) is 5.71 Å². The van der Waals surface area contributed by atoms with Gasteiger partial charge in [0.2, 0.25) is 0 Å². The van der Waals surface area contributed by atoms with Crippen molar-refractivity contribution in [2.24, 2.45) is 11.1 Å². The predicted molar refractivity (Wildman–Crippen MR) is 76.4 cm³/mol. The first-order valence-electron chi connectivity index (χ1n) is 6.38. The average Bonchev–Trinajstić information content (AvgIpc) is 2.41. The second-order valence-electron chi connectivity index (χ2n) is 4.97. The van der Waals surface area contributed by atoms with Crippen molar-refractivity contribution < 1.29 is 10.1 Å². The van der Waals surface area contributed by atoms with Crippen LogP contribution in [-0.2, 0) is 6.54 Å². The van der Waals surface area contributed by atoms with Crippen LogP contribution >= 0.6 is 11.6 Å². The number of nitro groups is 1. The van der Waals surface area contributed by atoms with Crippen molar-refractivity contribution in [3.63, 3.8) is 0 Å². The normalized spacial score (nSPS) is 22.1. The Balaban J connectivity index is 2.17. The monoisotopic (exact) mass is 297 g/mol. The Morgan fingerprint density at radius 2 is 2.35 bits per heavy atom. The van der Waals surface area contributed by atoms with Gasteiger partial charge in [-0.25, -0.2) is 0 Å². The molecule has 1 N–H and O–H groups in total. The van der Waals surface area contributed by atoms with Crippen molar-refractivity contribution in [1.29, 1.82) is 0 Å². The fourth-order valence-electron chi connectivity index (χ4n) is 2.49. The van der Waals surface area contributed by atoms with Gasteiger partial charge < -0.3 is 5.21 Å². The number of nitro benzene ring substituents is 1. The van der Waals surface area contributed by atoms with Gasteiger partial charge in [-0.2, -0.15) is 0 Å². The van der Waals surface area contributed by atoms with Gasteiger partial charge in [0.05, 0.1) is 21.2 Å². The molecule has 0 aliphatic carbocycles. The van der Waals surface area contributed by atoms with Gasteiger partial charge in [0.25, 0.3) is 5.69 Å². The maximum Gasteiger partial charge on any atom is 0.275 e. The second kappa shape index (κ2) is 6.19. The molecule has 0 bridgehead atoms. The Bertz CT molecular complexity index is 548. The number of nitrogens with zero attached hydrogens (tertiary/aromatic N) is 3. The second-order valence-corrected chi connectivity index (χ2v) is 5.38. The van der Waals surface area contributed by atoms with Crippen molar-refractivity contribution in [2.45, 2.75) is 19.9 Å². The van der Waals surface area contributed by atoms with Gasteiger partial charge in [-0.05, 0) is 6.07 Å². The van der Waals surface area contributed by atoms with Crippen LogP contribution in [0.3, 0.4) is 0 Å². The molecule has 1 aliphatic heterocycles. The van der Waals surface area contributed by atoms with Crippen molar-refractivity contribution in [3.05, 3.63) is 38.9 Å². The van der Waals surface area contributed by atoms with E-state index in [1.54, 1.807) is 12.1 Å². The van der Waals surface area contributed by atoms with Crippen LogP contribution in [-0.4, -0.2) is 33.8 Å². The first-order chi connectivity index (χ1) is 9.52. The number of benzene rings is 1. The minimum Gasteiger partial charge on any atom is -0.411 e. The summed E-state index contributed by atoms with van der Waals surface area (Å²) in [5, 5.41) is 23.6. The molecule has 1 fully saturated rings. The number of oxime groups is 1. The Morgan fingerprint density at radius 1 is 1.60 bits per heavy atom. The molecule has 1 saturated heterocycles. The smallest absolute Gasteiger partial charge is 0.275 e. The number of hydrogen-bond donors (Lipinski definition) is 1. The molecule has 1 atom stereocenters. The molecule has 1 aromatic rings. The van der Waals surface area contributed by atoms with Crippen LogP contribution in [0.2, 0.25) is 5.02 Å². The summed E-state index contributed by atoms with van der Waals surface area (Å²) < 4.78 is 0. The zero-order chi connectivity index (χ0) is 14.7. The first-order valence-corrected chi connectivity index (χ1v) is 6.75. The SMILES string of the molecule is CC1CN(Cc2c(Cl)cccc2[N+](=O)[O-])CC/C1=N\O. The predicted octanol–water partition coefficient (Wildman–Crippen LogP) is 2.92. The third-order valence-corrected chi connectivity index (χ3v) is 3.94. The zero-order valence-electron chi connectivity index (χ0n) is 11.1. The largest absolute Gasteiger partial charge is 0.411 e. The number of hydrogen-bond acceptors (Lipinski definition) is 5. The lowest BCUT2D eigenvalue weighted by Gasteiger charge is -2.31. The number of likely N-dealkylation sites (tertiary alicyclic amines) is 1. The third-order valence-electron chi connectivity index (χ3n) is 3.59. The van der Waals surface area contributed by atoms with Gasteiger partial charge in [0, 0.05) is 38.0 Å². The molecule has 1 aromatic carbocycles. The molecule has 1 heterocycles. The Labute approximate surface area is 121 Å². The molecule has 7 heteroatoms. The highest BCUT2D eigenvalue weighted by Gasteiger charge is 2.25. The third kappa shape index (κ3) is 3.08. The summed E-state index contributed by atoms with van der Waals surface area (Å²) in [7, 11) is 0. The topological polar surface area (TPSA) is 79.0 Å². The molecular weight excluding hydrogens is 282 g/mol. The van der Waals surface area contributed by atoms with Gasteiger partial charge >= 0.3 is 0 Å². The van der Waals surface area contributed by atoms with E-state index in [0.29, 0.717) is 36.6 Å². The summed E-state index contributed by atoms with van der Waals surface area (Å²) in [5.41, 5.74) is 1.36. The highest BCUT2D eigenvalue weighted by Crippen LogP contribution is 2.28. The molecule has 0 spiro atoms. The minimum absolute atomic E-state index is 0.0479. The van der Waals surface area contributed by atoms with Gasteiger partial charge in [0.1, 0.15) is 0 Å². The summed E-state index contributed by atoms with van der Waals surface area (Å²) in [4.78, 5) is 12.7. The van der Waals surface area contributed by atoms with Crippen LogP contribution in [0.4, 0.5) is 5.69 Å². The quantitative estimate of drug-likeness (QED) is 0.528. The van der Waals surface area contributed by atoms with Crippen LogP contribution in [0.1, 0.15) is 18.9 Å². The Hall–Kier alpha value is -1.66. The van der Waals surface area contributed by atoms with Crippen LogP contribution in [0.25, 0.3) is 0 Å². The summed E-state index contributed by atoms with van der Waals surface area (Å²) >= 11 is 6.09. The molecule has 1 aliphatic rings. The van der Waals surface area contributed by atoms with Crippen LogP contribution in [0.15, 0.2) is 23.4 Å². The van der Waals surface area contributed by atoms with Gasteiger partial charge in [0.15, 0.2) is 0 Å². The molecule has 0 radical (unpaired) electrons. The molecule has 108 valence electrons.